The zero-order valence-electron chi connectivity index (χ0n) is 47.5. The van der Waals surface area contributed by atoms with Crippen molar-refractivity contribution in [3.63, 3.8) is 0 Å². The van der Waals surface area contributed by atoms with E-state index in [4.69, 9.17) is 18.2 Å². The summed E-state index contributed by atoms with van der Waals surface area (Å²) >= 11 is 15.1. The summed E-state index contributed by atoms with van der Waals surface area (Å²) in [6.45, 7) is 25.7. The smallest absolute Gasteiger partial charge is 0.170 e. The lowest BCUT2D eigenvalue weighted by molar-refractivity contribution is 0.0323. The minimum absolute atomic E-state index is 0.201. The van der Waals surface area contributed by atoms with E-state index in [-0.39, 0.29) is 11.1 Å². The predicted molar refractivity (Wildman–Crippen MR) is 334 cm³/mol. The molecule has 76 heavy (non-hydrogen) atoms. The normalized spacial score (nSPS) is 18.4. The van der Waals surface area contributed by atoms with Crippen molar-refractivity contribution in [1.82, 2.24) is 8.75 Å². The van der Waals surface area contributed by atoms with Gasteiger partial charge in [0.05, 0.1) is 49.9 Å². The molecule has 4 nitrogen and oxygen atoms in total. The van der Waals surface area contributed by atoms with E-state index < -0.39 is 22.8 Å². The number of hydrogen-bond acceptors (Lipinski definition) is 9. The molecule has 0 N–H and O–H groups in total. The molecule has 418 valence electrons. The predicted octanol–water partition coefficient (Wildman–Crippen LogP) is 24.3. The van der Waals surface area contributed by atoms with E-state index in [2.05, 4.69) is 132 Å². The average Bonchev–Trinajstić information content (AvgIpc) is 4.24. The molecule has 4 unspecified atom stereocenters. The van der Waals surface area contributed by atoms with Gasteiger partial charge in [-0.25, -0.2) is 8.78 Å². The van der Waals surface area contributed by atoms with Gasteiger partial charge in [0.25, 0.3) is 0 Å². The SMILES string of the molecule is CC(C)CCCCCCC1(CCC(C)CCCC(C)C)Oc2cc(Br)sc2-c2sc(-c3c(F)c(F)c(-c4cc5c(s4)-c4sc(Br)cc4OC5(CCC(C)CCCC(C)C)CCC(C)CCCC(C)C)c4nsnc34)cc21. The maximum absolute atomic E-state index is 17.8. The summed E-state index contributed by atoms with van der Waals surface area (Å²) < 4.78 is 62.1. The zero-order valence-corrected chi connectivity index (χ0v) is 54.7. The first kappa shape index (κ1) is 60.4. The van der Waals surface area contributed by atoms with E-state index in [0.29, 0.717) is 62.2 Å². The number of nitrogens with zero attached hydrogens (tertiary/aromatic N) is 2. The van der Waals surface area contributed by atoms with Crippen LogP contribution in [-0.4, -0.2) is 8.75 Å². The van der Waals surface area contributed by atoms with Gasteiger partial charge in [-0.3, -0.25) is 0 Å². The van der Waals surface area contributed by atoms with E-state index in [1.807, 2.05) is 0 Å². The first-order chi connectivity index (χ1) is 36.3. The summed E-state index contributed by atoms with van der Waals surface area (Å²) in [4.78, 5) is 5.64. The molecule has 0 saturated heterocycles. The van der Waals surface area contributed by atoms with Crippen molar-refractivity contribution in [2.75, 3.05) is 0 Å². The van der Waals surface area contributed by atoms with Crippen LogP contribution in [0.2, 0.25) is 0 Å². The highest BCUT2D eigenvalue weighted by Crippen LogP contribution is 2.61. The van der Waals surface area contributed by atoms with Gasteiger partial charge in [0, 0.05) is 33.0 Å². The fourth-order valence-corrected chi connectivity index (χ4v) is 18.4. The number of unbranched alkanes of at least 4 members (excludes halogenated alkanes) is 3. The lowest BCUT2D eigenvalue weighted by Gasteiger charge is -2.39. The molecule has 0 fully saturated rings. The largest absolute Gasteiger partial charge is 0.481 e. The molecule has 7 heterocycles. The maximum Gasteiger partial charge on any atom is 0.170 e. The van der Waals surface area contributed by atoms with Crippen LogP contribution >= 0.6 is 88.9 Å². The first-order valence-corrected chi connectivity index (χ1v) is 34.8. The fraction of sp³-hybridized carbons (Fsp3) is 0.651. The number of rotatable bonds is 30. The molecular weight excluding hydrogens is 1170 g/mol. The van der Waals surface area contributed by atoms with Crippen molar-refractivity contribution in [2.45, 2.75) is 222 Å². The summed E-state index contributed by atoms with van der Waals surface area (Å²) in [5, 5.41) is 0. The Morgan fingerprint density at radius 2 is 0.803 bits per heavy atom. The van der Waals surface area contributed by atoms with Gasteiger partial charge < -0.3 is 9.47 Å². The summed E-state index contributed by atoms with van der Waals surface area (Å²) in [5.74, 6) is 4.44. The molecule has 0 radical (unpaired) electrons. The Balaban J connectivity index is 1.19. The Hall–Kier alpha value is -1.74. The van der Waals surface area contributed by atoms with Crippen molar-refractivity contribution in [3.05, 3.63) is 54.6 Å². The van der Waals surface area contributed by atoms with Gasteiger partial charge in [0.2, 0.25) is 0 Å². The molecule has 0 amide bonds. The van der Waals surface area contributed by atoms with Gasteiger partial charge in [-0.15, -0.1) is 45.3 Å². The van der Waals surface area contributed by atoms with Gasteiger partial charge in [-0.2, -0.15) is 8.75 Å². The second-order valence-corrected chi connectivity index (χ2v) is 32.5. The molecule has 4 atom stereocenters. The summed E-state index contributed by atoms with van der Waals surface area (Å²) in [6.07, 6.45) is 23.3. The number of benzene rings is 1. The lowest BCUT2D eigenvalue weighted by atomic mass is 9.78. The molecule has 2 aliphatic rings. The minimum Gasteiger partial charge on any atom is -0.481 e. The third-order valence-corrected chi connectivity index (χ3v) is 23.0. The monoisotopic (exact) mass is 1260 g/mol. The Bertz CT molecular complexity index is 2810. The molecule has 5 aromatic heterocycles. The van der Waals surface area contributed by atoms with Crippen molar-refractivity contribution in [1.29, 1.82) is 0 Å². The zero-order chi connectivity index (χ0) is 54.5. The lowest BCUT2D eigenvalue weighted by Crippen LogP contribution is -2.36. The Morgan fingerprint density at radius 1 is 0.434 bits per heavy atom. The van der Waals surface area contributed by atoms with Crippen LogP contribution in [0.3, 0.4) is 0 Å². The second-order valence-electron chi connectivity index (χ2n) is 25.0. The number of ether oxygens (including phenoxy) is 2. The number of aromatic nitrogens is 2. The van der Waals surface area contributed by atoms with E-state index >= 15 is 8.78 Å². The van der Waals surface area contributed by atoms with Crippen LogP contribution < -0.4 is 9.47 Å². The summed E-state index contributed by atoms with van der Waals surface area (Å²) in [7, 11) is 0. The molecule has 0 aliphatic carbocycles. The summed E-state index contributed by atoms with van der Waals surface area (Å²) in [5.41, 5.74) is 2.25. The average molecular weight is 1260 g/mol. The van der Waals surface area contributed by atoms with Crippen LogP contribution in [0, 0.1) is 53.1 Å². The number of halogens is 4. The molecule has 0 bridgehead atoms. The highest BCUT2D eigenvalue weighted by atomic mass is 79.9. The van der Waals surface area contributed by atoms with Gasteiger partial charge >= 0.3 is 0 Å². The quantitative estimate of drug-likeness (QED) is 0.0422. The Labute approximate surface area is 493 Å². The van der Waals surface area contributed by atoms with Crippen LogP contribution in [-0.2, 0) is 11.2 Å². The van der Waals surface area contributed by atoms with Crippen molar-refractivity contribution in [3.8, 4) is 51.9 Å². The van der Waals surface area contributed by atoms with Crippen molar-refractivity contribution >= 4 is 100.0 Å². The number of thiophene rings is 4. The standard InChI is InChI=1S/C63H86Br2F2N2O2S5/c1-37(2)19-14-12-13-15-29-62(30-26-41(9)23-16-20-38(3)4)44-33-48(72-58(44)60-46(70-62)35-50(64)74-60)52-54(66)55(67)53(57-56(52)68-76-69-57)49-34-45-59(73-49)61-47(36-51(65)75-61)71-63(45,31-27-42(10)24-17-21-39(5)6)32-28-43(11)25-18-22-40(7)8/h33-43H,12-32H2,1-11H3. The van der Waals surface area contributed by atoms with Crippen molar-refractivity contribution < 1.29 is 18.3 Å². The van der Waals surface area contributed by atoms with Gasteiger partial charge in [-0.1, -0.05) is 160 Å². The van der Waals surface area contributed by atoms with Gasteiger partial charge in [0.1, 0.15) is 33.7 Å². The van der Waals surface area contributed by atoms with Crippen LogP contribution in [0.1, 0.15) is 222 Å². The third-order valence-electron chi connectivity index (χ3n) is 16.6. The van der Waals surface area contributed by atoms with Gasteiger partial charge in [0.15, 0.2) is 11.6 Å². The molecule has 2 aliphatic heterocycles. The van der Waals surface area contributed by atoms with Gasteiger partial charge in [-0.05, 0) is 137 Å². The van der Waals surface area contributed by atoms with E-state index in [9.17, 15) is 0 Å². The van der Waals surface area contributed by atoms with Crippen LogP contribution in [0.25, 0.3) is 51.4 Å². The molecule has 8 rings (SSSR count). The second kappa shape index (κ2) is 26.9. The number of hydrogen-bond donors (Lipinski definition) is 0. The highest BCUT2D eigenvalue weighted by Gasteiger charge is 2.46. The Morgan fingerprint density at radius 3 is 1.20 bits per heavy atom. The number of fused-ring (bicyclic) bond motifs is 7. The van der Waals surface area contributed by atoms with Crippen LogP contribution in [0.5, 0.6) is 11.5 Å². The molecule has 1 aromatic carbocycles. The minimum atomic E-state index is -0.865. The molecule has 6 aromatic rings. The Kier molecular flexibility index (Phi) is 21.4. The summed E-state index contributed by atoms with van der Waals surface area (Å²) in [6, 6.07) is 8.53. The van der Waals surface area contributed by atoms with Crippen LogP contribution in [0.15, 0.2) is 31.8 Å². The maximum atomic E-state index is 17.8. The first-order valence-electron chi connectivity index (χ1n) is 29.2. The van der Waals surface area contributed by atoms with E-state index in [1.54, 1.807) is 45.3 Å². The van der Waals surface area contributed by atoms with E-state index in [1.165, 1.54) is 77.0 Å². The van der Waals surface area contributed by atoms with Crippen molar-refractivity contribution in [2.24, 2.45) is 41.4 Å². The highest BCUT2D eigenvalue weighted by molar-refractivity contribution is 9.11. The van der Waals surface area contributed by atoms with E-state index in [0.717, 1.165) is 119 Å². The topological polar surface area (TPSA) is 44.2 Å². The molecule has 13 heteroatoms. The molecular formula is C63H86Br2F2N2O2S5. The van der Waals surface area contributed by atoms with Crippen LogP contribution in [0.4, 0.5) is 8.78 Å². The molecule has 0 spiro atoms. The molecule has 0 saturated carbocycles. The third kappa shape index (κ3) is 14.3. The fourth-order valence-electron chi connectivity index (χ4n) is 11.9.